The van der Waals surface area contributed by atoms with Gasteiger partial charge in [0.25, 0.3) is 0 Å². The van der Waals surface area contributed by atoms with Crippen molar-refractivity contribution >= 4 is 16.1 Å². The fraction of sp³-hybridized carbons (Fsp3) is 0.571. The number of benzene rings is 1. The van der Waals surface area contributed by atoms with Crippen LogP contribution in [0.15, 0.2) is 12.1 Å². The first-order valence-electron chi connectivity index (χ1n) is 6.37. The lowest BCUT2D eigenvalue weighted by atomic mass is 9.79. The Labute approximate surface area is 126 Å². The summed E-state index contributed by atoms with van der Waals surface area (Å²) in [6, 6.07) is 3.73. The van der Waals surface area contributed by atoms with E-state index < -0.39 is 10.4 Å². The molecule has 5 N–H and O–H groups in total. The molecule has 0 bridgehead atoms. The lowest BCUT2D eigenvalue weighted by Gasteiger charge is -2.27. The number of anilines is 1. The van der Waals surface area contributed by atoms with E-state index in [9.17, 15) is 5.11 Å². The first kappa shape index (κ1) is 19.7. The van der Waals surface area contributed by atoms with E-state index in [1.165, 1.54) is 0 Å². The quantitative estimate of drug-likeness (QED) is 0.331. The average molecular weight is 319 g/mol. The van der Waals surface area contributed by atoms with Crippen LogP contribution in [-0.4, -0.2) is 22.6 Å². The molecule has 6 nitrogen and oxygen atoms in total. The molecule has 0 saturated heterocycles. The summed E-state index contributed by atoms with van der Waals surface area (Å²) in [7, 11) is -4.67. The molecule has 0 heterocycles. The van der Waals surface area contributed by atoms with Crippen LogP contribution >= 0.6 is 0 Å². The third-order valence-corrected chi connectivity index (χ3v) is 2.75. The molecule has 0 aliphatic rings. The van der Waals surface area contributed by atoms with Crippen LogP contribution in [0, 0.1) is 0 Å². The van der Waals surface area contributed by atoms with E-state index in [4.69, 9.17) is 23.3 Å². The zero-order valence-electron chi connectivity index (χ0n) is 13.3. The van der Waals surface area contributed by atoms with Gasteiger partial charge in [0.15, 0.2) is 0 Å². The van der Waals surface area contributed by atoms with Gasteiger partial charge in [0, 0.05) is 16.8 Å². The van der Waals surface area contributed by atoms with Gasteiger partial charge < -0.3 is 10.8 Å². The summed E-state index contributed by atoms with van der Waals surface area (Å²) >= 11 is 0. The largest absolute Gasteiger partial charge is 0.507 e. The number of nitrogens with two attached hydrogens (primary N) is 1. The average Bonchev–Trinajstić information content (AvgIpc) is 2.15. The monoisotopic (exact) mass is 319 g/mol. The predicted molar refractivity (Wildman–Crippen MR) is 84.1 cm³/mol. The Morgan fingerprint density at radius 1 is 0.905 bits per heavy atom. The van der Waals surface area contributed by atoms with Crippen molar-refractivity contribution in [2.45, 2.75) is 52.4 Å². The van der Waals surface area contributed by atoms with Gasteiger partial charge >= 0.3 is 10.4 Å². The zero-order chi connectivity index (χ0) is 17.2. The molecule has 122 valence electrons. The molecule has 0 saturated carbocycles. The highest BCUT2D eigenvalue weighted by Crippen LogP contribution is 2.40. The SMILES string of the molecule is CC(C)(C)c1cc(N)cc(C(C)(C)C)c1O.O=S(=O)(O)O. The van der Waals surface area contributed by atoms with Crippen molar-refractivity contribution in [2.75, 3.05) is 5.73 Å². The van der Waals surface area contributed by atoms with Crippen molar-refractivity contribution in [3.8, 4) is 5.75 Å². The summed E-state index contributed by atoms with van der Waals surface area (Å²) in [6.45, 7) is 12.5. The molecule has 0 unspecified atom stereocenters. The molecule has 1 aromatic carbocycles. The summed E-state index contributed by atoms with van der Waals surface area (Å²) in [5.41, 5.74) is 8.26. The standard InChI is InChI=1S/C14H23NO.H2O4S/c1-13(2,3)10-7-9(15)8-11(12(10)16)14(4,5)6;1-5(2,3)4/h7-8,16H,15H2,1-6H3;(H2,1,2,3,4). The second-order valence-corrected chi connectivity index (χ2v) is 7.81. The van der Waals surface area contributed by atoms with Gasteiger partial charge in [-0.2, -0.15) is 8.42 Å². The van der Waals surface area contributed by atoms with E-state index in [0.29, 0.717) is 11.4 Å². The third kappa shape index (κ3) is 7.31. The molecular weight excluding hydrogens is 294 g/mol. The van der Waals surface area contributed by atoms with E-state index in [1.807, 2.05) is 12.1 Å². The van der Waals surface area contributed by atoms with Crippen LogP contribution in [0.2, 0.25) is 0 Å². The van der Waals surface area contributed by atoms with Crippen LogP contribution in [0.4, 0.5) is 5.69 Å². The number of phenols is 1. The maximum Gasteiger partial charge on any atom is 0.394 e. The topological polar surface area (TPSA) is 121 Å². The van der Waals surface area contributed by atoms with Gasteiger partial charge in [-0.1, -0.05) is 41.5 Å². The van der Waals surface area contributed by atoms with Gasteiger partial charge in [-0.05, 0) is 23.0 Å². The molecule has 21 heavy (non-hydrogen) atoms. The van der Waals surface area contributed by atoms with Crippen molar-refractivity contribution in [2.24, 2.45) is 0 Å². The summed E-state index contributed by atoms with van der Waals surface area (Å²) in [4.78, 5) is 0. The van der Waals surface area contributed by atoms with E-state index in [0.717, 1.165) is 11.1 Å². The highest BCUT2D eigenvalue weighted by molar-refractivity contribution is 7.79. The van der Waals surface area contributed by atoms with Gasteiger partial charge in [0.2, 0.25) is 0 Å². The molecule has 0 aliphatic heterocycles. The van der Waals surface area contributed by atoms with Crippen molar-refractivity contribution in [3.05, 3.63) is 23.3 Å². The third-order valence-electron chi connectivity index (χ3n) is 2.75. The van der Waals surface area contributed by atoms with Crippen LogP contribution in [0.1, 0.15) is 52.7 Å². The predicted octanol–water partition coefficient (Wildman–Crippen LogP) is 2.92. The zero-order valence-corrected chi connectivity index (χ0v) is 14.1. The summed E-state index contributed by atoms with van der Waals surface area (Å²) in [5.74, 6) is 0.384. The highest BCUT2D eigenvalue weighted by Gasteiger charge is 2.25. The van der Waals surface area contributed by atoms with Crippen molar-refractivity contribution in [1.29, 1.82) is 0 Å². The molecule has 7 heteroatoms. The van der Waals surface area contributed by atoms with Crippen LogP contribution in [-0.2, 0) is 21.2 Å². The van der Waals surface area contributed by atoms with Gasteiger partial charge in [0.1, 0.15) is 5.75 Å². The number of hydrogen-bond donors (Lipinski definition) is 4. The number of aromatic hydroxyl groups is 1. The first-order valence-corrected chi connectivity index (χ1v) is 7.76. The maximum absolute atomic E-state index is 10.3. The smallest absolute Gasteiger partial charge is 0.394 e. The van der Waals surface area contributed by atoms with Gasteiger partial charge in [-0.25, -0.2) is 0 Å². The summed E-state index contributed by atoms with van der Waals surface area (Å²) in [5, 5.41) is 10.3. The molecule has 1 aromatic rings. The molecule has 1 rings (SSSR count). The first-order chi connectivity index (χ1) is 9.03. The Balaban J connectivity index is 0.000000690. The molecule has 0 aliphatic carbocycles. The Bertz CT molecular complexity index is 552. The summed E-state index contributed by atoms with van der Waals surface area (Å²) < 4.78 is 31.6. The normalized spacial score (nSPS) is 12.6. The molecule has 0 spiro atoms. The Morgan fingerprint density at radius 2 is 1.14 bits per heavy atom. The summed E-state index contributed by atoms with van der Waals surface area (Å²) in [6.07, 6.45) is 0. The van der Waals surface area contributed by atoms with Crippen LogP contribution in [0.3, 0.4) is 0 Å². The van der Waals surface area contributed by atoms with Crippen LogP contribution < -0.4 is 5.73 Å². The number of nitrogen functional groups attached to an aromatic ring is 1. The maximum atomic E-state index is 10.3. The molecular formula is C14H25NO5S. The minimum absolute atomic E-state index is 0.0978. The fourth-order valence-electron chi connectivity index (χ4n) is 1.80. The number of rotatable bonds is 0. The Kier molecular flexibility index (Phi) is 5.82. The van der Waals surface area contributed by atoms with E-state index in [1.54, 1.807) is 0 Å². The molecule has 0 aromatic heterocycles. The highest BCUT2D eigenvalue weighted by atomic mass is 32.3. The number of phenolic OH excluding ortho intramolecular Hbond substituents is 1. The van der Waals surface area contributed by atoms with E-state index in [2.05, 4.69) is 41.5 Å². The Morgan fingerprint density at radius 3 is 1.33 bits per heavy atom. The molecule has 0 fully saturated rings. The Hall–Kier alpha value is -1.31. The molecule has 0 radical (unpaired) electrons. The van der Waals surface area contributed by atoms with Gasteiger partial charge in [0.05, 0.1) is 0 Å². The second kappa shape index (κ2) is 6.21. The lowest BCUT2D eigenvalue weighted by Crippen LogP contribution is -2.17. The number of hydrogen-bond acceptors (Lipinski definition) is 4. The lowest BCUT2D eigenvalue weighted by molar-refractivity contribution is 0.381. The molecule has 0 atom stereocenters. The minimum Gasteiger partial charge on any atom is -0.507 e. The van der Waals surface area contributed by atoms with Crippen molar-refractivity contribution in [3.63, 3.8) is 0 Å². The van der Waals surface area contributed by atoms with Gasteiger partial charge in [-0.3, -0.25) is 9.11 Å². The molecule has 0 amide bonds. The fourth-order valence-corrected chi connectivity index (χ4v) is 1.80. The minimum atomic E-state index is -4.67. The van der Waals surface area contributed by atoms with Gasteiger partial charge in [-0.15, -0.1) is 0 Å². The van der Waals surface area contributed by atoms with E-state index >= 15 is 0 Å². The van der Waals surface area contributed by atoms with Crippen molar-refractivity contribution in [1.82, 2.24) is 0 Å². The van der Waals surface area contributed by atoms with Crippen LogP contribution in [0.25, 0.3) is 0 Å². The van der Waals surface area contributed by atoms with E-state index in [-0.39, 0.29) is 10.8 Å². The second-order valence-electron chi connectivity index (χ2n) is 6.91. The van der Waals surface area contributed by atoms with Crippen molar-refractivity contribution < 1.29 is 22.6 Å². The van der Waals surface area contributed by atoms with Crippen LogP contribution in [0.5, 0.6) is 5.75 Å².